The van der Waals surface area contributed by atoms with E-state index in [-0.39, 0.29) is 33.0 Å². The summed E-state index contributed by atoms with van der Waals surface area (Å²) >= 11 is 0. The molecule has 12 heteroatoms. The van der Waals surface area contributed by atoms with Crippen molar-refractivity contribution in [2.75, 3.05) is 13.4 Å². The molecule has 1 heterocycles. The molecule has 0 aliphatic carbocycles. The Hall–Kier alpha value is -3.41. The fourth-order valence-corrected chi connectivity index (χ4v) is 4.08. The fourth-order valence-electron chi connectivity index (χ4n) is 3.08. The summed E-state index contributed by atoms with van der Waals surface area (Å²) in [4.78, 5) is 36.0. The van der Waals surface area contributed by atoms with E-state index >= 15 is 0 Å². The largest absolute Gasteiger partial charge is 0.511 e. The molecule has 2 rings (SSSR count). The van der Waals surface area contributed by atoms with Crippen LogP contribution in [0.3, 0.4) is 0 Å². The van der Waals surface area contributed by atoms with E-state index in [1.165, 1.54) is 38.7 Å². The van der Waals surface area contributed by atoms with Crippen LogP contribution in [0.25, 0.3) is 0 Å². The first-order chi connectivity index (χ1) is 14.3. The highest BCUT2D eigenvalue weighted by Crippen LogP contribution is 2.30. The Morgan fingerprint density at radius 2 is 1.81 bits per heavy atom. The van der Waals surface area contributed by atoms with Crippen LogP contribution in [0.4, 0.5) is 4.79 Å². The third-order valence-corrected chi connectivity index (χ3v) is 5.54. The molecule has 1 atom stereocenters. The van der Waals surface area contributed by atoms with Gasteiger partial charge in [0, 0.05) is 25.8 Å². The van der Waals surface area contributed by atoms with Crippen molar-refractivity contribution in [2.24, 2.45) is 7.05 Å². The third-order valence-electron chi connectivity index (χ3n) is 4.41. The average molecular weight is 454 g/mol. The molecule has 1 N–H and O–H groups in total. The summed E-state index contributed by atoms with van der Waals surface area (Å²) in [5.41, 5.74) is -0.250. The number of ether oxygens (including phenoxy) is 3. The Bertz CT molecular complexity index is 1170. The van der Waals surface area contributed by atoms with Crippen LogP contribution in [0.15, 0.2) is 17.2 Å². The first kappa shape index (κ1) is 23.9. The van der Waals surface area contributed by atoms with Crippen molar-refractivity contribution in [2.45, 2.75) is 32.0 Å². The molecule has 0 saturated heterocycles. The van der Waals surface area contributed by atoms with Crippen molar-refractivity contribution in [1.82, 2.24) is 9.78 Å². The molecule has 0 radical (unpaired) electrons. The number of benzene rings is 1. The van der Waals surface area contributed by atoms with Gasteiger partial charge in [-0.15, -0.1) is 0 Å². The number of carbonyl (C=O) groups excluding carboxylic acids is 2. The summed E-state index contributed by atoms with van der Waals surface area (Å²) in [6.45, 7) is 4.26. The highest BCUT2D eigenvalue weighted by Gasteiger charge is 2.30. The highest BCUT2D eigenvalue weighted by atomic mass is 32.2. The number of methoxy groups -OCH3 is 1. The monoisotopic (exact) mass is 454 g/mol. The minimum Gasteiger partial charge on any atom is -0.478 e. The van der Waals surface area contributed by atoms with Crippen molar-refractivity contribution < 1.29 is 42.1 Å². The molecular weight excluding hydrogens is 432 g/mol. The molecule has 11 nitrogen and oxygen atoms in total. The molecule has 31 heavy (non-hydrogen) atoms. The first-order valence-corrected chi connectivity index (χ1v) is 10.7. The number of ketones is 1. The van der Waals surface area contributed by atoms with Gasteiger partial charge in [0.25, 0.3) is 0 Å². The molecule has 1 unspecified atom stereocenters. The number of aromatic carboxylic acids is 1. The Balaban J connectivity index is 2.60. The summed E-state index contributed by atoms with van der Waals surface area (Å²) in [5, 5.41) is 13.6. The Morgan fingerprint density at radius 1 is 1.19 bits per heavy atom. The molecule has 0 aliphatic heterocycles. The van der Waals surface area contributed by atoms with Crippen LogP contribution in [-0.2, 0) is 26.4 Å². The van der Waals surface area contributed by atoms with Crippen molar-refractivity contribution in [3.63, 3.8) is 0 Å². The lowest BCUT2D eigenvalue weighted by atomic mass is 9.92. The topological polar surface area (TPSA) is 151 Å². The molecule has 0 aliphatic rings. The van der Waals surface area contributed by atoms with Crippen LogP contribution in [0, 0.1) is 13.8 Å². The fraction of sp³-hybridized carbons (Fsp3) is 0.368. The van der Waals surface area contributed by atoms with E-state index in [0.717, 1.165) is 19.4 Å². The summed E-state index contributed by atoms with van der Waals surface area (Å²) in [6.07, 6.45) is -0.00693. The number of aryl methyl sites for hydroxylation is 2. The van der Waals surface area contributed by atoms with E-state index in [2.05, 4.69) is 9.84 Å². The predicted molar refractivity (Wildman–Crippen MR) is 106 cm³/mol. The minimum atomic E-state index is -3.86. The normalized spacial score (nSPS) is 12.2. The van der Waals surface area contributed by atoms with E-state index in [1.807, 2.05) is 0 Å². The molecule has 1 aromatic carbocycles. The van der Waals surface area contributed by atoms with Gasteiger partial charge in [0.1, 0.15) is 5.56 Å². The van der Waals surface area contributed by atoms with E-state index in [4.69, 9.17) is 9.47 Å². The van der Waals surface area contributed by atoms with Crippen LogP contribution in [0.5, 0.6) is 5.88 Å². The van der Waals surface area contributed by atoms with Crippen molar-refractivity contribution in [3.05, 3.63) is 40.1 Å². The molecule has 168 valence electrons. The van der Waals surface area contributed by atoms with Gasteiger partial charge in [0.15, 0.2) is 9.84 Å². The Morgan fingerprint density at radius 3 is 2.32 bits per heavy atom. The zero-order chi connectivity index (χ0) is 23.7. The zero-order valence-corrected chi connectivity index (χ0v) is 18.6. The number of nitrogens with zero attached hydrogens (tertiary/aromatic N) is 2. The zero-order valence-electron chi connectivity index (χ0n) is 17.7. The van der Waals surface area contributed by atoms with E-state index in [1.54, 1.807) is 0 Å². The van der Waals surface area contributed by atoms with Crippen molar-refractivity contribution in [1.29, 1.82) is 0 Å². The van der Waals surface area contributed by atoms with Crippen LogP contribution >= 0.6 is 0 Å². The summed E-state index contributed by atoms with van der Waals surface area (Å²) in [6, 6.07) is 1.15. The summed E-state index contributed by atoms with van der Waals surface area (Å²) in [7, 11) is -1.24. The Labute approximate surface area is 178 Å². The first-order valence-electron chi connectivity index (χ1n) is 8.85. The average Bonchev–Trinajstić information content (AvgIpc) is 3.00. The van der Waals surface area contributed by atoms with Gasteiger partial charge in [-0.1, -0.05) is 0 Å². The van der Waals surface area contributed by atoms with Gasteiger partial charge in [0.2, 0.25) is 18.0 Å². The summed E-state index contributed by atoms with van der Waals surface area (Å²) < 4.78 is 40.1. The van der Waals surface area contributed by atoms with E-state index in [9.17, 15) is 27.9 Å². The lowest BCUT2D eigenvalue weighted by molar-refractivity contribution is -0.0510. The number of carboxylic acid groups (broad SMARTS) is 1. The number of rotatable bonds is 7. The van der Waals surface area contributed by atoms with Gasteiger partial charge in [-0.05, 0) is 31.0 Å². The Kier molecular flexibility index (Phi) is 6.74. The second-order valence-corrected chi connectivity index (χ2v) is 8.70. The quantitative estimate of drug-likeness (QED) is 0.373. The van der Waals surface area contributed by atoms with Gasteiger partial charge in [0.05, 0.1) is 23.8 Å². The van der Waals surface area contributed by atoms with Crippen LogP contribution in [-0.4, -0.2) is 60.9 Å². The van der Waals surface area contributed by atoms with Gasteiger partial charge in [-0.2, -0.15) is 5.10 Å². The van der Waals surface area contributed by atoms with E-state index < -0.39 is 39.6 Å². The van der Waals surface area contributed by atoms with Gasteiger partial charge in [-0.25, -0.2) is 22.7 Å². The highest BCUT2D eigenvalue weighted by molar-refractivity contribution is 7.90. The van der Waals surface area contributed by atoms with E-state index in [0.29, 0.717) is 0 Å². The number of carboxylic acids is 1. The number of carbonyl (C=O) groups is 3. The second kappa shape index (κ2) is 8.76. The van der Waals surface area contributed by atoms with Crippen molar-refractivity contribution >= 4 is 27.7 Å². The van der Waals surface area contributed by atoms with Gasteiger partial charge in [-0.3, -0.25) is 4.79 Å². The van der Waals surface area contributed by atoms with Gasteiger partial charge >= 0.3 is 12.1 Å². The molecule has 2 aromatic rings. The molecule has 0 amide bonds. The summed E-state index contributed by atoms with van der Waals surface area (Å²) in [5.74, 6) is -2.15. The molecule has 0 fully saturated rings. The maximum absolute atomic E-state index is 13.3. The number of sulfone groups is 1. The van der Waals surface area contributed by atoms with Gasteiger partial charge < -0.3 is 19.3 Å². The standard InChI is InChI=1S/C19H22N2O9S/c1-9-7-13(31(6,26)27)15(18(23)24)10(2)14(9)16(22)12-8-20-21(4)17(12)29-11(3)30-19(25)28-5/h7-8,11H,1-6H3,(H,23,24). The van der Waals surface area contributed by atoms with Crippen LogP contribution in [0.2, 0.25) is 0 Å². The molecule has 0 saturated carbocycles. The predicted octanol–water partition coefficient (Wildman–Crippen LogP) is 1.88. The number of aromatic nitrogens is 2. The number of hydrogen-bond acceptors (Lipinski definition) is 9. The van der Waals surface area contributed by atoms with Crippen molar-refractivity contribution in [3.8, 4) is 5.88 Å². The second-order valence-electron chi connectivity index (χ2n) is 6.72. The molecule has 0 bridgehead atoms. The minimum absolute atomic E-state index is 0.00388. The molecule has 0 spiro atoms. The maximum Gasteiger partial charge on any atom is 0.511 e. The SMILES string of the molecule is COC(=O)OC(C)Oc1c(C(=O)c2c(C)cc(S(C)(=O)=O)c(C(=O)O)c2C)cnn1C. The maximum atomic E-state index is 13.3. The molecular formula is C19H22N2O9S. The lowest BCUT2D eigenvalue weighted by Crippen LogP contribution is -2.23. The number of hydrogen-bond donors (Lipinski definition) is 1. The van der Waals surface area contributed by atoms with Crippen LogP contribution in [0.1, 0.15) is 44.3 Å². The molecule has 1 aromatic heterocycles. The van der Waals surface area contributed by atoms with Crippen LogP contribution < -0.4 is 4.74 Å². The smallest absolute Gasteiger partial charge is 0.478 e. The third kappa shape index (κ3) is 4.85. The lowest BCUT2D eigenvalue weighted by Gasteiger charge is -2.17.